The molecule has 3 aromatic rings. The second kappa shape index (κ2) is 6.58. The number of fused-ring (bicyclic) bond motifs is 1. The second-order valence-electron chi connectivity index (χ2n) is 5.01. The van der Waals surface area contributed by atoms with E-state index < -0.39 is 0 Å². The van der Waals surface area contributed by atoms with Crippen molar-refractivity contribution in [3.8, 4) is 0 Å². The minimum Gasteiger partial charge on any atom is -0.367 e. The third-order valence-corrected chi connectivity index (χ3v) is 4.15. The number of aromatic amines is 1. The fraction of sp³-hybridized carbons (Fsp3) is 0.118. The van der Waals surface area contributed by atoms with Gasteiger partial charge in [0.2, 0.25) is 5.91 Å². The van der Waals surface area contributed by atoms with E-state index in [0.29, 0.717) is 5.13 Å². The number of H-pyrrole nitrogens is 1. The monoisotopic (exact) mass is 324 g/mol. The minimum atomic E-state index is -0.115. The molecule has 2 aromatic heterocycles. The summed E-state index contributed by atoms with van der Waals surface area (Å²) in [6.07, 6.45) is 7.73. The van der Waals surface area contributed by atoms with E-state index >= 15 is 0 Å². The summed E-state index contributed by atoms with van der Waals surface area (Å²) in [5.41, 5.74) is 4.03. The summed E-state index contributed by atoms with van der Waals surface area (Å²) >= 11 is 1.46. The number of thiazole rings is 1. The number of carbonyl (C=O) groups excluding carboxylic acids is 1. The molecule has 23 heavy (non-hydrogen) atoms. The molecule has 0 saturated carbocycles. The Morgan fingerprint density at radius 3 is 2.96 bits per heavy atom. The van der Waals surface area contributed by atoms with Gasteiger partial charge in [0.1, 0.15) is 0 Å². The van der Waals surface area contributed by atoms with Crippen molar-refractivity contribution in [2.75, 3.05) is 12.4 Å². The fourth-order valence-electron chi connectivity index (χ4n) is 2.25. The number of anilines is 1. The molecule has 1 amide bonds. The molecule has 3 rings (SSSR count). The number of hydrogen-bond donors (Lipinski definition) is 2. The van der Waals surface area contributed by atoms with E-state index in [2.05, 4.69) is 32.4 Å². The Balaban J connectivity index is 2.01. The maximum absolute atomic E-state index is 11.2. The fourth-order valence-corrected chi connectivity index (χ4v) is 3.20. The quantitative estimate of drug-likeness (QED) is 0.716. The number of aliphatic imine (C=N–C) groups is 1. The molecule has 5 nitrogen and oxygen atoms in total. The first-order valence-electron chi connectivity index (χ1n) is 7.11. The van der Waals surface area contributed by atoms with Crippen LogP contribution in [0.4, 0.5) is 5.13 Å². The van der Waals surface area contributed by atoms with Gasteiger partial charge in [0.05, 0.1) is 10.2 Å². The second-order valence-corrected chi connectivity index (χ2v) is 6.04. The van der Waals surface area contributed by atoms with Crippen LogP contribution in [-0.4, -0.2) is 29.1 Å². The van der Waals surface area contributed by atoms with Crippen LogP contribution >= 0.6 is 11.3 Å². The molecule has 0 radical (unpaired) electrons. The standard InChI is InChI=1S/C17H16N4OS/c1-11(22)20-17-21-15-4-3-13(8-16(15)23-17)14(10-18-2)7-12-5-6-19-9-12/h3-10,19H,1-2H3,(H,20,21,22)/b14-7+,18-10-. The van der Waals surface area contributed by atoms with Crippen LogP contribution in [0.1, 0.15) is 18.1 Å². The molecular formula is C17H16N4OS. The maximum atomic E-state index is 11.2. The largest absolute Gasteiger partial charge is 0.367 e. The van der Waals surface area contributed by atoms with Gasteiger partial charge in [-0.2, -0.15) is 0 Å². The van der Waals surface area contributed by atoms with Gasteiger partial charge < -0.3 is 10.3 Å². The molecule has 0 aliphatic carbocycles. The van der Waals surface area contributed by atoms with Crippen LogP contribution in [0.25, 0.3) is 21.9 Å². The summed E-state index contributed by atoms with van der Waals surface area (Å²) in [5.74, 6) is -0.115. The lowest BCUT2D eigenvalue weighted by atomic mass is 10.0. The van der Waals surface area contributed by atoms with Crippen molar-refractivity contribution in [2.24, 2.45) is 4.99 Å². The average Bonchev–Trinajstić information content (AvgIpc) is 3.14. The Hall–Kier alpha value is -2.73. The van der Waals surface area contributed by atoms with Crippen molar-refractivity contribution in [1.82, 2.24) is 9.97 Å². The van der Waals surface area contributed by atoms with Gasteiger partial charge in [0.15, 0.2) is 5.13 Å². The van der Waals surface area contributed by atoms with Crippen LogP contribution in [0, 0.1) is 0 Å². The van der Waals surface area contributed by atoms with Crippen LogP contribution in [0.3, 0.4) is 0 Å². The Kier molecular flexibility index (Phi) is 4.34. The topological polar surface area (TPSA) is 70.1 Å². The Morgan fingerprint density at radius 1 is 1.39 bits per heavy atom. The van der Waals surface area contributed by atoms with Crippen LogP contribution in [0.15, 0.2) is 41.7 Å². The number of nitrogens with zero attached hydrogens (tertiary/aromatic N) is 2. The zero-order chi connectivity index (χ0) is 16.2. The Labute approximate surface area is 137 Å². The van der Waals surface area contributed by atoms with Gasteiger partial charge in [0, 0.05) is 38.2 Å². The van der Waals surface area contributed by atoms with Crippen LogP contribution in [0.2, 0.25) is 0 Å². The van der Waals surface area contributed by atoms with Gasteiger partial charge in [-0.15, -0.1) is 0 Å². The molecular weight excluding hydrogens is 308 g/mol. The van der Waals surface area contributed by atoms with Crippen molar-refractivity contribution in [2.45, 2.75) is 6.92 Å². The Bertz CT molecular complexity index is 891. The molecule has 1 aromatic carbocycles. The van der Waals surface area contributed by atoms with E-state index in [-0.39, 0.29) is 5.91 Å². The van der Waals surface area contributed by atoms with E-state index in [0.717, 1.165) is 26.9 Å². The normalized spacial score (nSPS) is 12.2. The number of allylic oxidation sites excluding steroid dienone is 1. The molecule has 0 bridgehead atoms. The highest BCUT2D eigenvalue weighted by Crippen LogP contribution is 2.29. The minimum absolute atomic E-state index is 0.115. The van der Waals surface area contributed by atoms with Gasteiger partial charge in [-0.1, -0.05) is 17.4 Å². The summed E-state index contributed by atoms with van der Waals surface area (Å²) in [6.45, 7) is 1.48. The van der Waals surface area contributed by atoms with Gasteiger partial charge in [0.25, 0.3) is 0 Å². The lowest BCUT2D eigenvalue weighted by molar-refractivity contribution is -0.114. The average molecular weight is 324 g/mol. The number of aromatic nitrogens is 2. The van der Waals surface area contributed by atoms with Crippen molar-refractivity contribution >= 4 is 50.5 Å². The summed E-state index contributed by atoms with van der Waals surface area (Å²) in [4.78, 5) is 22.7. The number of benzene rings is 1. The lowest BCUT2D eigenvalue weighted by Gasteiger charge is -2.02. The van der Waals surface area contributed by atoms with Crippen LogP contribution in [-0.2, 0) is 4.79 Å². The van der Waals surface area contributed by atoms with Gasteiger partial charge in [-0.3, -0.25) is 9.79 Å². The first-order chi connectivity index (χ1) is 11.2. The van der Waals surface area contributed by atoms with E-state index in [1.807, 2.05) is 36.8 Å². The van der Waals surface area contributed by atoms with E-state index in [4.69, 9.17) is 0 Å². The van der Waals surface area contributed by atoms with Crippen LogP contribution in [0.5, 0.6) is 0 Å². The number of amides is 1. The third-order valence-electron chi connectivity index (χ3n) is 3.22. The number of nitrogens with one attached hydrogen (secondary N) is 2. The molecule has 6 heteroatoms. The summed E-state index contributed by atoms with van der Waals surface area (Å²) in [6, 6.07) is 8.04. The predicted molar refractivity (Wildman–Crippen MR) is 97.0 cm³/mol. The molecule has 0 atom stereocenters. The molecule has 0 unspecified atom stereocenters. The molecule has 0 aliphatic heterocycles. The first-order valence-corrected chi connectivity index (χ1v) is 7.92. The number of rotatable bonds is 4. The highest BCUT2D eigenvalue weighted by Gasteiger charge is 2.07. The number of carbonyl (C=O) groups is 1. The zero-order valence-electron chi connectivity index (χ0n) is 12.8. The zero-order valence-corrected chi connectivity index (χ0v) is 13.6. The Morgan fingerprint density at radius 2 is 2.26 bits per heavy atom. The predicted octanol–water partition coefficient (Wildman–Crippen LogP) is 3.82. The highest BCUT2D eigenvalue weighted by atomic mass is 32.1. The first kappa shape index (κ1) is 15.2. The highest BCUT2D eigenvalue weighted by molar-refractivity contribution is 7.22. The van der Waals surface area contributed by atoms with Gasteiger partial charge in [-0.05, 0) is 35.4 Å². The van der Waals surface area contributed by atoms with E-state index in [9.17, 15) is 4.79 Å². The van der Waals surface area contributed by atoms with E-state index in [1.165, 1.54) is 18.3 Å². The van der Waals surface area contributed by atoms with Crippen molar-refractivity contribution < 1.29 is 4.79 Å². The molecule has 0 saturated heterocycles. The van der Waals surface area contributed by atoms with E-state index in [1.54, 1.807) is 7.05 Å². The molecule has 2 heterocycles. The third kappa shape index (κ3) is 3.54. The summed E-state index contributed by atoms with van der Waals surface area (Å²) in [7, 11) is 1.76. The van der Waals surface area contributed by atoms with Crippen molar-refractivity contribution in [1.29, 1.82) is 0 Å². The molecule has 0 spiro atoms. The summed E-state index contributed by atoms with van der Waals surface area (Å²) < 4.78 is 1.02. The molecule has 0 fully saturated rings. The van der Waals surface area contributed by atoms with Gasteiger partial charge in [-0.25, -0.2) is 4.98 Å². The molecule has 0 aliphatic rings. The van der Waals surface area contributed by atoms with Crippen LogP contribution < -0.4 is 5.32 Å². The summed E-state index contributed by atoms with van der Waals surface area (Å²) in [5, 5.41) is 3.34. The van der Waals surface area contributed by atoms with Crippen molar-refractivity contribution in [3.05, 3.63) is 47.8 Å². The number of hydrogen-bond acceptors (Lipinski definition) is 4. The molecule has 116 valence electrons. The maximum Gasteiger partial charge on any atom is 0.223 e. The molecule has 2 N–H and O–H groups in total. The van der Waals surface area contributed by atoms with Gasteiger partial charge >= 0.3 is 0 Å². The van der Waals surface area contributed by atoms with Crippen molar-refractivity contribution in [3.63, 3.8) is 0 Å². The smallest absolute Gasteiger partial charge is 0.223 e. The SMILES string of the molecule is C/N=C\C(=C/c1cc[nH]c1)c1ccc2nc(NC(C)=O)sc2c1. The lowest BCUT2D eigenvalue weighted by Crippen LogP contribution is -2.04.